The molecular formula is C18H16F6N4O2. The Morgan fingerprint density at radius 1 is 0.967 bits per heavy atom. The first-order valence-corrected chi connectivity index (χ1v) is 8.54. The summed E-state index contributed by atoms with van der Waals surface area (Å²) < 4.78 is 80.4. The fourth-order valence-electron chi connectivity index (χ4n) is 3.54. The second-order valence-corrected chi connectivity index (χ2v) is 7.54. The normalized spacial score (nSPS) is 19.4. The fraction of sp³-hybridized carbons (Fsp3) is 0.389. The lowest BCUT2D eigenvalue weighted by Crippen LogP contribution is -2.40. The average molecular weight is 434 g/mol. The molecule has 0 amide bonds. The lowest BCUT2D eigenvalue weighted by atomic mass is 9.73. The lowest BCUT2D eigenvalue weighted by molar-refractivity contribution is -0.143. The summed E-state index contributed by atoms with van der Waals surface area (Å²) in [4.78, 5) is 0. The smallest absolute Gasteiger partial charge is 0.411 e. The minimum atomic E-state index is -5.01. The van der Waals surface area contributed by atoms with Gasteiger partial charge in [-0.25, -0.2) is 4.68 Å². The number of rotatable bonds is 1. The SMILES string of the molecule is Cc1nn(-c2cc(C(F)(F)F)cc(C(F)(F)F)c2)c2c1C(=N\O)/C(=N\O)C(C)(C)C2. The Morgan fingerprint density at radius 2 is 1.50 bits per heavy atom. The van der Waals surface area contributed by atoms with E-state index < -0.39 is 34.6 Å². The Morgan fingerprint density at radius 3 is 1.93 bits per heavy atom. The van der Waals surface area contributed by atoms with Crippen molar-refractivity contribution >= 4 is 11.4 Å². The summed E-state index contributed by atoms with van der Waals surface area (Å²) in [7, 11) is 0. The number of alkyl halides is 6. The zero-order valence-corrected chi connectivity index (χ0v) is 15.9. The van der Waals surface area contributed by atoms with E-state index in [1.807, 2.05) is 0 Å². The molecule has 0 radical (unpaired) electrons. The fourth-order valence-corrected chi connectivity index (χ4v) is 3.54. The van der Waals surface area contributed by atoms with E-state index in [9.17, 15) is 36.8 Å². The molecule has 1 aromatic carbocycles. The molecule has 12 heteroatoms. The maximum Gasteiger partial charge on any atom is 0.416 e. The van der Waals surface area contributed by atoms with E-state index in [-0.39, 0.29) is 40.9 Å². The van der Waals surface area contributed by atoms with Gasteiger partial charge >= 0.3 is 12.4 Å². The Hall–Kier alpha value is -3.05. The monoisotopic (exact) mass is 434 g/mol. The molecule has 0 saturated carbocycles. The van der Waals surface area contributed by atoms with Crippen LogP contribution in [0.25, 0.3) is 5.69 Å². The Labute approximate surface area is 166 Å². The molecule has 0 saturated heterocycles. The number of hydrogen-bond donors (Lipinski definition) is 2. The first-order valence-electron chi connectivity index (χ1n) is 8.54. The standard InChI is InChI=1S/C18H16F6N4O2/c1-8-13-12(7-16(2,3)15(27-30)14(13)26-29)28(25-8)11-5-9(17(19,20)21)4-10(6-11)18(22,23)24/h4-6,29-30H,7H2,1-3H3/b26-14+,27-15+. The quantitative estimate of drug-likeness (QED) is 0.384. The average Bonchev–Trinajstić information content (AvgIpc) is 2.93. The molecule has 162 valence electrons. The summed E-state index contributed by atoms with van der Waals surface area (Å²) in [5.41, 5.74) is -3.89. The number of nitrogens with zero attached hydrogens (tertiary/aromatic N) is 4. The van der Waals surface area contributed by atoms with Crippen molar-refractivity contribution in [2.75, 3.05) is 0 Å². The molecule has 6 nitrogen and oxygen atoms in total. The van der Waals surface area contributed by atoms with Gasteiger partial charge in [0.1, 0.15) is 11.4 Å². The van der Waals surface area contributed by atoms with Crippen molar-refractivity contribution in [1.82, 2.24) is 9.78 Å². The van der Waals surface area contributed by atoms with Gasteiger partial charge in [0.25, 0.3) is 0 Å². The molecule has 1 heterocycles. The van der Waals surface area contributed by atoms with Crippen LogP contribution in [-0.4, -0.2) is 31.6 Å². The number of oxime groups is 2. The largest absolute Gasteiger partial charge is 0.416 e. The van der Waals surface area contributed by atoms with Gasteiger partial charge in [0, 0.05) is 11.8 Å². The van der Waals surface area contributed by atoms with Gasteiger partial charge in [-0.15, -0.1) is 0 Å². The van der Waals surface area contributed by atoms with Gasteiger partial charge in [-0.3, -0.25) is 0 Å². The molecule has 0 spiro atoms. The predicted octanol–water partition coefficient (Wildman–Crippen LogP) is 4.81. The van der Waals surface area contributed by atoms with Crippen LogP contribution in [0.3, 0.4) is 0 Å². The van der Waals surface area contributed by atoms with Gasteiger partial charge in [-0.05, 0) is 25.1 Å². The summed E-state index contributed by atoms with van der Waals surface area (Å²) in [6.45, 7) is 4.69. The van der Waals surface area contributed by atoms with E-state index in [1.54, 1.807) is 13.8 Å². The summed E-state index contributed by atoms with van der Waals surface area (Å²) >= 11 is 0. The first kappa shape index (κ1) is 21.7. The van der Waals surface area contributed by atoms with E-state index in [0.29, 0.717) is 12.1 Å². The van der Waals surface area contributed by atoms with Gasteiger partial charge in [-0.1, -0.05) is 24.2 Å². The van der Waals surface area contributed by atoms with Crippen molar-refractivity contribution < 1.29 is 36.8 Å². The maximum absolute atomic E-state index is 13.2. The van der Waals surface area contributed by atoms with Crippen molar-refractivity contribution in [3.05, 3.63) is 46.3 Å². The van der Waals surface area contributed by atoms with Gasteiger partial charge in [0.05, 0.1) is 33.8 Å². The third-order valence-electron chi connectivity index (χ3n) is 4.88. The second kappa shape index (κ2) is 6.74. The highest BCUT2D eigenvalue weighted by molar-refractivity contribution is 6.50. The van der Waals surface area contributed by atoms with Gasteiger partial charge in [0.2, 0.25) is 0 Å². The van der Waals surface area contributed by atoms with Crippen molar-refractivity contribution in [3.8, 4) is 5.69 Å². The van der Waals surface area contributed by atoms with Crippen molar-refractivity contribution in [1.29, 1.82) is 0 Å². The van der Waals surface area contributed by atoms with Crippen LogP contribution in [0.1, 0.15) is 41.9 Å². The molecule has 0 bridgehead atoms. The van der Waals surface area contributed by atoms with Gasteiger partial charge < -0.3 is 10.4 Å². The van der Waals surface area contributed by atoms with Crippen LogP contribution in [0.2, 0.25) is 0 Å². The molecular weight excluding hydrogens is 418 g/mol. The Balaban J connectivity index is 2.33. The highest BCUT2D eigenvalue weighted by Gasteiger charge is 2.42. The maximum atomic E-state index is 13.2. The zero-order chi connectivity index (χ0) is 22.6. The van der Waals surface area contributed by atoms with E-state index >= 15 is 0 Å². The summed E-state index contributed by atoms with van der Waals surface area (Å²) in [6, 6.07) is 1.17. The third kappa shape index (κ3) is 3.50. The van der Waals surface area contributed by atoms with Crippen LogP contribution in [0.5, 0.6) is 0 Å². The van der Waals surface area contributed by atoms with E-state index in [1.165, 1.54) is 6.92 Å². The van der Waals surface area contributed by atoms with Crippen molar-refractivity contribution in [2.24, 2.45) is 15.7 Å². The summed E-state index contributed by atoms with van der Waals surface area (Å²) in [5, 5.41) is 29.2. The molecule has 1 aliphatic rings. The first-order chi connectivity index (χ1) is 13.7. The molecule has 2 N–H and O–H groups in total. The molecule has 0 unspecified atom stereocenters. The lowest BCUT2D eigenvalue weighted by Gasteiger charge is -2.31. The molecule has 0 aliphatic heterocycles. The van der Waals surface area contributed by atoms with Gasteiger partial charge in [0.15, 0.2) is 0 Å². The van der Waals surface area contributed by atoms with Crippen LogP contribution < -0.4 is 0 Å². The predicted molar refractivity (Wildman–Crippen MR) is 93.3 cm³/mol. The third-order valence-corrected chi connectivity index (χ3v) is 4.88. The highest BCUT2D eigenvalue weighted by Crippen LogP contribution is 2.40. The topological polar surface area (TPSA) is 83.0 Å². The van der Waals surface area contributed by atoms with Crippen molar-refractivity contribution in [2.45, 2.75) is 39.5 Å². The van der Waals surface area contributed by atoms with Crippen LogP contribution in [0.4, 0.5) is 26.3 Å². The number of halogens is 6. The van der Waals surface area contributed by atoms with E-state index in [4.69, 9.17) is 0 Å². The molecule has 1 aromatic heterocycles. The number of aryl methyl sites for hydroxylation is 1. The van der Waals surface area contributed by atoms with Crippen LogP contribution in [0, 0.1) is 12.3 Å². The molecule has 30 heavy (non-hydrogen) atoms. The highest BCUT2D eigenvalue weighted by atomic mass is 19.4. The molecule has 2 aromatic rings. The zero-order valence-electron chi connectivity index (χ0n) is 15.9. The molecule has 1 aliphatic carbocycles. The number of aromatic nitrogens is 2. The van der Waals surface area contributed by atoms with E-state index in [0.717, 1.165) is 4.68 Å². The van der Waals surface area contributed by atoms with Crippen molar-refractivity contribution in [3.63, 3.8) is 0 Å². The molecule has 3 rings (SSSR count). The minimum absolute atomic E-state index is 0.0140. The summed E-state index contributed by atoms with van der Waals surface area (Å²) in [6.07, 6.45) is -9.96. The molecule has 0 atom stereocenters. The summed E-state index contributed by atoms with van der Waals surface area (Å²) in [5.74, 6) is 0. The Kier molecular flexibility index (Phi) is 4.87. The Bertz CT molecular complexity index is 1030. The second-order valence-electron chi connectivity index (χ2n) is 7.54. The van der Waals surface area contributed by atoms with Crippen LogP contribution in [-0.2, 0) is 18.8 Å². The van der Waals surface area contributed by atoms with Gasteiger partial charge in [-0.2, -0.15) is 31.4 Å². The number of hydrogen-bond acceptors (Lipinski definition) is 5. The van der Waals surface area contributed by atoms with E-state index in [2.05, 4.69) is 15.4 Å². The minimum Gasteiger partial charge on any atom is -0.411 e. The number of benzene rings is 1. The van der Waals surface area contributed by atoms with Crippen LogP contribution in [0.15, 0.2) is 28.5 Å². The number of fused-ring (bicyclic) bond motifs is 1. The molecule has 0 fully saturated rings. The van der Waals surface area contributed by atoms with Crippen LogP contribution >= 0.6 is 0 Å².